The number of hydrogen-bond donors (Lipinski definition) is 0. The second-order valence-electron chi connectivity index (χ2n) is 5.29. The molecule has 102 valence electrons. The fourth-order valence-electron chi connectivity index (χ4n) is 2.54. The maximum absolute atomic E-state index is 11.7. The van der Waals surface area contributed by atoms with Crippen molar-refractivity contribution in [2.24, 2.45) is 7.05 Å². The first kappa shape index (κ1) is 13.5. The molecule has 0 spiro atoms. The van der Waals surface area contributed by atoms with Crippen LogP contribution in [0.25, 0.3) is 0 Å². The SMILES string of the molecule is CC(C)c1nn(C)c2c1CN(S(C)(=O)=O)CCC2. The number of fused-ring (bicyclic) bond motifs is 1. The van der Waals surface area contributed by atoms with Gasteiger partial charge in [-0.25, -0.2) is 8.42 Å². The summed E-state index contributed by atoms with van der Waals surface area (Å²) >= 11 is 0. The average Bonchev–Trinajstić information content (AvgIpc) is 2.47. The molecule has 2 rings (SSSR count). The third-order valence-electron chi connectivity index (χ3n) is 3.48. The summed E-state index contributed by atoms with van der Waals surface area (Å²) < 4.78 is 26.9. The fourth-order valence-corrected chi connectivity index (χ4v) is 3.36. The van der Waals surface area contributed by atoms with Crippen molar-refractivity contribution in [2.45, 2.75) is 39.2 Å². The average molecular weight is 271 g/mol. The normalized spacial score (nSPS) is 17.8. The number of aryl methyl sites for hydroxylation is 1. The molecule has 0 amide bonds. The van der Waals surface area contributed by atoms with Crippen molar-refractivity contribution >= 4 is 10.0 Å². The van der Waals surface area contributed by atoms with Crippen molar-refractivity contribution in [2.75, 3.05) is 12.8 Å². The Balaban J connectivity index is 2.46. The van der Waals surface area contributed by atoms with Gasteiger partial charge in [0.1, 0.15) is 0 Å². The van der Waals surface area contributed by atoms with E-state index >= 15 is 0 Å². The van der Waals surface area contributed by atoms with Crippen LogP contribution in [0, 0.1) is 0 Å². The summed E-state index contributed by atoms with van der Waals surface area (Å²) in [5.41, 5.74) is 3.32. The first-order valence-electron chi connectivity index (χ1n) is 6.30. The van der Waals surface area contributed by atoms with Crippen molar-refractivity contribution < 1.29 is 8.42 Å². The van der Waals surface area contributed by atoms with Crippen LogP contribution in [0.1, 0.15) is 43.1 Å². The number of nitrogens with zero attached hydrogens (tertiary/aromatic N) is 3. The van der Waals surface area contributed by atoms with Gasteiger partial charge >= 0.3 is 0 Å². The predicted octanol–water partition coefficient (Wildman–Crippen LogP) is 1.25. The highest BCUT2D eigenvalue weighted by atomic mass is 32.2. The summed E-state index contributed by atoms with van der Waals surface area (Å²) in [5, 5.41) is 4.55. The van der Waals surface area contributed by atoms with E-state index in [2.05, 4.69) is 18.9 Å². The molecule has 1 aliphatic rings. The van der Waals surface area contributed by atoms with E-state index in [1.165, 1.54) is 11.9 Å². The molecule has 0 fully saturated rings. The lowest BCUT2D eigenvalue weighted by atomic mass is 10.0. The standard InChI is InChI=1S/C12H21N3O2S/c1-9(2)12-10-8-15(18(4,16)17)7-5-6-11(10)14(3)13-12/h9H,5-8H2,1-4H3. The van der Waals surface area contributed by atoms with Gasteiger partial charge in [-0.1, -0.05) is 13.8 Å². The Bertz CT molecular complexity index is 546. The molecule has 0 atom stereocenters. The van der Waals surface area contributed by atoms with Crippen molar-refractivity contribution in [1.29, 1.82) is 0 Å². The summed E-state index contributed by atoms with van der Waals surface area (Å²) in [6.07, 6.45) is 3.04. The molecule has 0 saturated heterocycles. The van der Waals surface area contributed by atoms with E-state index < -0.39 is 10.0 Å². The smallest absolute Gasteiger partial charge is 0.211 e. The van der Waals surface area contributed by atoms with E-state index in [1.54, 1.807) is 4.31 Å². The van der Waals surface area contributed by atoms with Crippen molar-refractivity contribution in [3.8, 4) is 0 Å². The van der Waals surface area contributed by atoms with Gasteiger partial charge in [0, 0.05) is 31.4 Å². The van der Waals surface area contributed by atoms with E-state index in [0.29, 0.717) is 19.0 Å². The fraction of sp³-hybridized carbons (Fsp3) is 0.750. The van der Waals surface area contributed by atoms with Gasteiger partial charge in [-0.3, -0.25) is 4.68 Å². The van der Waals surface area contributed by atoms with Gasteiger partial charge < -0.3 is 0 Å². The van der Waals surface area contributed by atoms with Crippen molar-refractivity contribution in [1.82, 2.24) is 14.1 Å². The van der Waals surface area contributed by atoms with Crippen LogP contribution in [0.4, 0.5) is 0 Å². The van der Waals surface area contributed by atoms with Gasteiger partial charge in [0.05, 0.1) is 11.9 Å². The number of sulfonamides is 1. The zero-order chi connectivity index (χ0) is 13.5. The highest BCUT2D eigenvalue weighted by Crippen LogP contribution is 2.27. The molecule has 1 aromatic heterocycles. The van der Waals surface area contributed by atoms with Crippen LogP contribution in [0.2, 0.25) is 0 Å². The van der Waals surface area contributed by atoms with E-state index in [9.17, 15) is 8.42 Å². The molecule has 0 aromatic carbocycles. The lowest BCUT2D eigenvalue weighted by Crippen LogP contribution is -2.29. The van der Waals surface area contributed by atoms with Gasteiger partial charge in [-0.2, -0.15) is 9.40 Å². The summed E-state index contributed by atoms with van der Waals surface area (Å²) in [6, 6.07) is 0. The molecule has 0 unspecified atom stereocenters. The minimum Gasteiger partial charge on any atom is -0.272 e. The molecule has 0 radical (unpaired) electrons. The van der Waals surface area contributed by atoms with Gasteiger partial charge in [0.15, 0.2) is 0 Å². The van der Waals surface area contributed by atoms with E-state index in [1.807, 2.05) is 11.7 Å². The molecule has 6 heteroatoms. The molecule has 0 bridgehead atoms. The van der Waals surface area contributed by atoms with Gasteiger partial charge in [0.2, 0.25) is 10.0 Å². The van der Waals surface area contributed by atoms with Crippen LogP contribution in [-0.2, 0) is 30.0 Å². The molecule has 0 N–H and O–H groups in total. The second kappa shape index (κ2) is 4.66. The summed E-state index contributed by atoms with van der Waals surface area (Å²) in [6.45, 7) is 5.26. The predicted molar refractivity (Wildman–Crippen MR) is 70.9 cm³/mol. The Hall–Kier alpha value is -0.880. The Morgan fingerprint density at radius 2 is 2.00 bits per heavy atom. The van der Waals surface area contributed by atoms with E-state index in [-0.39, 0.29) is 0 Å². The second-order valence-corrected chi connectivity index (χ2v) is 7.27. The lowest BCUT2D eigenvalue weighted by Gasteiger charge is -2.18. The number of rotatable bonds is 2. The van der Waals surface area contributed by atoms with Crippen LogP contribution in [0.3, 0.4) is 0 Å². The number of hydrogen-bond acceptors (Lipinski definition) is 3. The maximum Gasteiger partial charge on any atom is 0.211 e. The minimum absolute atomic E-state index is 0.319. The summed E-state index contributed by atoms with van der Waals surface area (Å²) in [5.74, 6) is 0.319. The molecular weight excluding hydrogens is 250 g/mol. The van der Waals surface area contributed by atoms with Crippen LogP contribution in [0.15, 0.2) is 0 Å². The third kappa shape index (κ3) is 2.44. The third-order valence-corrected chi connectivity index (χ3v) is 4.73. The van der Waals surface area contributed by atoms with Crippen molar-refractivity contribution in [3.05, 3.63) is 17.0 Å². The zero-order valence-corrected chi connectivity index (χ0v) is 12.3. The van der Waals surface area contributed by atoms with E-state index in [4.69, 9.17) is 0 Å². The first-order chi connectivity index (χ1) is 8.30. The van der Waals surface area contributed by atoms with E-state index in [0.717, 1.165) is 24.1 Å². The molecule has 18 heavy (non-hydrogen) atoms. The van der Waals surface area contributed by atoms with Crippen LogP contribution < -0.4 is 0 Å². The van der Waals surface area contributed by atoms with Gasteiger partial charge in [-0.05, 0) is 18.8 Å². The zero-order valence-electron chi connectivity index (χ0n) is 11.5. The van der Waals surface area contributed by atoms with Gasteiger partial charge in [0.25, 0.3) is 0 Å². The van der Waals surface area contributed by atoms with Crippen LogP contribution in [0.5, 0.6) is 0 Å². The minimum atomic E-state index is -3.13. The van der Waals surface area contributed by atoms with Gasteiger partial charge in [-0.15, -0.1) is 0 Å². The van der Waals surface area contributed by atoms with Crippen LogP contribution >= 0.6 is 0 Å². The lowest BCUT2D eigenvalue weighted by molar-refractivity contribution is 0.411. The largest absolute Gasteiger partial charge is 0.272 e. The Labute approximate surface area is 109 Å². The van der Waals surface area contributed by atoms with Crippen LogP contribution in [-0.4, -0.2) is 35.3 Å². The first-order valence-corrected chi connectivity index (χ1v) is 8.15. The summed E-state index contributed by atoms with van der Waals surface area (Å²) in [4.78, 5) is 0. The highest BCUT2D eigenvalue weighted by molar-refractivity contribution is 7.88. The number of aromatic nitrogens is 2. The quantitative estimate of drug-likeness (QED) is 0.813. The molecule has 5 nitrogen and oxygen atoms in total. The Morgan fingerprint density at radius 1 is 1.33 bits per heavy atom. The molecular formula is C12H21N3O2S. The molecule has 1 aliphatic heterocycles. The molecule has 0 saturated carbocycles. The molecule has 1 aromatic rings. The topological polar surface area (TPSA) is 55.2 Å². The Morgan fingerprint density at radius 3 is 2.56 bits per heavy atom. The Kier molecular flexibility index (Phi) is 3.51. The highest BCUT2D eigenvalue weighted by Gasteiger charge is 2.27. The molecule has 2 heterocycles. The monoisotopic (exact) mass is 271 g/mol. The molecule has 0 aliphatic carbocycles. The van der Waals surface area contributed by atoms with Crippen molar-refractivity contribution in [3.63, 3.8) is 0 Å². The summed E-state index contributed by atoms with van der Waals surface area (Å²) in [7, 11) is -1.18. The maximum atomic E-state index is 11.7.